The van der Waals surface area contributed by atoms with Crippen molar-refractivity contribution >= 4 is 28.9 Å². The van der Waals surface area contributed by atoms with Crippen molar-refractivity contribution in [3.8, 4) is 5.75 Å². The number of phenols is 1. The van der Waals surface area contributed by atoms with Crippen LogP contribution < -0.4 is 9.78 Å². The first kappa shape index (κ1) is 22.2. The number of phenolic OH excluding ortho intramolecular Hbond substituents is 1. The molecule has 0 bridgehead atoms. The van der Waals surface area contributed by atoms with Crippen molar-refractivity contribution in [3.63, 3.8) is 0 Å². The fraction of sp³-hybridized carbons (Fsp3) is 0.182. The molecule has 0 spiro atoms. The van der Waals surface area contributed by atoms with Crippen LogP contribution in [-0.4, -0.2) is 26.6 Å². The normalized spacial score (nSPS) is 11.4. The van der Waals surface area contributed by atoms with E-state index in [0.717, 1.165) is 24.1 Å². The molecule has 3 aromatic carbocycles. The minimum atomic E-state index is -0.0355. The molecule has 0 saturated heterocycles. The first-order chi connectivity index (χ1) is 13.3. The molecule has 3 rings (SSSR count). The Balaban J connectivity index is 0.00000126. The Bertz CT molecular complexity index is 774. The summed E-state index contributed by atoms with van der Waals surface area (Å²) in [5.74, 6) is 0.325. The van der Waals surface area contributed by atoms with E-state index in [1.54, 1.807) is 6.07 Å². The summed E-state index contributed by atoms with van der Waals surface area (Å²) in [6.07, 6.45) is 1.12. The molecule has 2 nitrogen and oxygen atoms in total. The molecular formula is C22H22ClNOPdSe. The number of hydrogen-bond acceptors (Lipinski definition) is 2. The van der Waals surface area contributed by atoms with E-state index in [0.29, 0.717) is 20.7 Å². The van der Waals surface area contributed by atoms with E-state index in [1.807, 2.05) is 36.4 Å². The molecule has 0 heterocycles. The zero-order chi connectivity index (χ0) is 19.3. The number of halogens is 1. The van der Waals surface area contributed by atoms with E-state index in [9.17, 15) is 5.11 Å². The van der Waals surface area contributed by atoms with Gasteiger partial charge in [0.05, 0.1) is 0 Å². The van der Waals surface area contributed by atoms with Crippen LogP contribution in [0.15, 0.2) is 78.9 Å². The van der Waals surface area contributed by atoms with Gasteiger partial charge < -0.3 is 0 Å². The van der Waals surface area contributed by atoms with E-state index < -0.39 is 0 Å². The van der Waals surface area contributed by atoms with E-state index in [-0.39, 0.29) is 6.04 Å². The van der Waals surface area contributed by atoms with Gasteiger partial charge in [0.1, 0.15) is 0 Å². The Hall–Kier alpha value is -1.11. The van der Waals surface area contributed by atoms with Crippen LogP contribution in [-0.2, 0) is 18.2 Å². The standard InChI is InChI=1S/C22H22NOSe.ClH.Pd/c24-21-15-8-7-14-20(21)22(18-10-3-1-4-11-18)23-16-9-17-25-19-12-5-2-6-13-19;;/h1-8,10,12-15,22-24H,9,16-17H2;1H;/q-1;;+2/p-1. The van der Waals surface area contributed by atoms with Gasteiger partial charge in [-0.2, -0.15) is 0 Å². The fourth-order valence-electron chi connectivity index (χ4n) is 2.73. The molecule has 0 amide bonds. The molecule has 144 valence electrons. The molecule has 0 fully saturated rings. The molecule has 3 aromatic rings. The minimum absolute atomic E-state index is 0.0355. The average Bonchev–Trinajstić information content (AvgIpc) is 2.74. The Labute approximate surface area is 182 Å². The molecule has 0 radical (unpaired) electrons. The monoisotopic (exact) mass is 537 g/mol. The van der Waals surface area contributed by atoms with Crippen LogP contribution in [0.1, 0.15) is 23.6 Å². The van der Waals surface area contributed by atoms with Crippen LogP contribution in [0.2, 0.25) is 5.32 Å². The molecule has 0 aromatic heterocycles. The van der Waals surface area contributed by atoms with Gasteiger partial charge in [-0.3, -0.25) is 0 Å². The second-order valence-corrected chi connectivity index (χ2v) is 8.23. The number of rotatable bonds is 8. The van der Waals surface area contributed by atoms with Crippen molar-refractivity contribution in [2.24, 2.45) is 0 Å². The summed E-state index contributed by atoms with van der Waals surface area (Å²) in [6, 6.07) is 29.4. The molecule has 0 aliphatic rings. The van der Waals surface area contributed by atoms with Crippen LogP contribution in [0.5, 0.6) is 5.75 Å². The summed E-state index contributed by atoms with van der Waals surface area (Å²) in [6.45, 7) is 0.913. The number of para-hydroxylation sites is 1. The third-order valence-electron chi connectivity index (χ3n) is 3.97. The maximum absolute atomic E-state index is 10.2. The summed E-state index contributed by atoms with van der Waals surface area (Å²) < 4.78 is 1.45. The number of hydrogen-bond donors (Lipinski definition) is 2. The zero-order valence-electron chi connectivity index (χ0n) is 14.8. The Morgan fingerprint density at radius 1 is 0.963 bits per heavy atom. The third kappa shape index (κ3) is 7.43. The van der Waals surface area contributed by atoms with Crippen molar-refractivity contribution in [2.75, 3.05) is 6.54 Å². The third-order valence-corrected chi connectivity index (χ3v) is 6.28. The van der Waals surface area contributed by atoms with E-state index in [1.165, 1.54) is 9.78 Å². The van der Waals surface area contributed by atoms with Crippen LogP contribution >= 0.6 is 9.53 Å². The second kappa shape index (κ2) is 13.1. The van der Waals surface area contributed by atoms with E-state index in [2.05, 4.69) is 75.5 Å². The molecular weight excluding hydrogens is 515 g/mol. The fourth-order valence-corrected chi connectivity index (χ4v) is 4.56. The van der Waals surface area contributed by atoms with Crippen LogP contribution in [0.3, 0.4) is 0 Å². The second-order valence-electron chi connectivity index (χ2n) is 5.78. The molecule has 0 saturated carbocycles. The van der Waals surface area contributed by atoms with Crippen molar-refractivity contribution in [2.45, 2.75) is 17.8 Å². The quantitative estimate of drug-likeness (QED) is 0.254. The molecule has 1 atom stereocenters. The van der Waals surface area contributed by atoms with Gasteiger partial charge in [0, 0.05) is 0 Å². The Morgan fingerprint density at radius 3 is 2.37 bits per heavy atom. The van der Waals surface area contributed by atoms with Crippen LogP contribution in [0, 0.1) is 6.07 Å². The topological polar surface area (TPSA) is 32.3 Å². The maximum atomic E-state index is 10.2. The summed E-state index contributed by atoms with van der Waals surface area (Å²) in [5, 5.41) is 15.0. The molecule has 0 aliphatic heterocycles. The molecule has 27 heavy (non-hydrogen) atoms. The van der Waals surface area contributed by atoms with E-state index >= 15 is 0 Å². The van der Waals surface area contributed by atoms with Crippen molar-refractivity contribution in [1.29, 1.82) is 0 Å². The number of benzene rings is 3. The van der Waals surface area contributed by atoms with Gasteiger partial charge in [0.25, 0.3) is 0 Å². The van der Waals surface area contributed by atoms with Gasteiger partial charge in [0.2, 0.25) is 0 Å². The summed E-state index contributed by atoms with van der Waals surface area (Å²) >= 11 is 2.74. The van der Waals surface area contributed by atoms with Crippen molar-refractivity contribution in [3.05, 3.63) is 96.1 Å². The van der Waals surface area contributed by atoms with Gasteiger partial charge >= 0.3 is 184 Å². The predicted octanol–water partition coefficient (Wildman–Crippen LogP) is 4.40. The van der Waals surface area contributed by atoms with Gasteiger partial charge in [0.15, 0.2) is 0 Å². The van der Waals surface area contributed by atoms with Crippen LogP contribution in [0.25, 0.3) is 0 Å². The van der Waals surface area contributed by atoms with E-state index in [4.69, 9.17) is 0 Å². The van der Waals surface area contributed by atoms with Gasteiger partial charge in [-0.1, -0.05) is 0 Å². The summed E-state index contributed by atoms with van der Waals surface area (Å²) in [5.41, 5.74) is 1.95. The SMILES string of the molecule is Oc1ccccc1C(NCCC[Se]c1ccccc1)c1[c-]cccc1.[Cl][Pd+]. The Kier molecular flexibility index (Phi) is 10.8. The van der Waals surface area contributed by atoms with Crippen LogP contribution in [0.4, 0.5) is 0 Å². The summed E-state index contributed by atoms with van der Waals surface area (Å²) in [4.78, 5) is 0. The molecule has 1 unspecified atom stereocenters. The van der Waals surface area contributed by atoms with Gasteiger partial charge in [-0.15, -0.1) is 0 Å². The number of nitrogens with one attached hydrogen (secondary N) is 1. The first-order valence-electron chi connectivity index (χ1n) is 8.62. The summed E-state index contributed by atoms with van der Waals surface area (Å²) in [7, 11) is 4.49. The van der Waals surface area contributed by atoms with Crippen molar-refractivity contribution in [1.82, 2.24) is 5.32 Å². The van der Waals surface area contributed by atoms with Gasteiger partial charge in [-0.05, 0) is 0 Å². The average molecular weight is 537 g/mol. The van der Waals surface area contributed by atoms with Crippen molar-refractivity contribution < 1.29 is 23.3 Å². The molecule has 2 N–H and O–H groups in total. The molecule has 0 aliphatic carbocycles. The van der Waals surface area contributed by atoms with Gasteiger partial charge in [-0.25, -0.2) is 0 Å². The molecule has 5 heteroatoms. The predicted molar refractivity (Wildman–Crippen MR) is 110 cm³/mol. The zero-order valence-corrected chi connectivity index (χ0v) is 18.8. The Morgan fingerprint density at radius 2 is 1.67 bits per heavy atom. The number of aromatic hydroxyl groups is 1. The first-order valence-corrected chi connectivity index (χ1v) is 12.7.